The van der Waals surface area contributed by atoms with Gasteiger partial charge in [0.05, 0.1) is 18.6 Å². The van der Waals surface area contributed by atoms with Crippen LogP contribution in [-0.2, 0) is 10.0 Å². The molecule has 1 aromatic rings. The molecule has 0 saturated heterocycles. The van der Waals surface area contributed by atoms with Crippen LogP contribution in [0.3, 0.4) is 0 Å². The third-order valence-electron chi connectivity index (χ3n) is 2.69. The Morgan fingerprint density at radius 1 is 1.30 bits per heavy atom. The van der Waals surface area contributed by atoms with E-state index in [4.69, 9.17) is 4.74 Å². The summed E-state index contributed by atoms with van der Waals surface area (Å²) in [7, 11) is -2.09. The quantitative estimate of drug-likeness (QED) is 0.684. The van der Waals surface area contributed by atoms with Crippen molar-refractivity contribution in [1.29, 1.82) is 0 Å². The van der Waals surface area contributed by atoms with Crippen molar-refractivity contribution in [1.82, 2.24) is 5.32 Å². The lowest BCUT2D eigenvalue weighted by atomic mass is 10.3. The van der Waals surface area contributed by atoms with Crippen LogP contribution in [0.5, 0.6) is 5.75 Å². The van der Waals surface area contributed by atoms with E-state index in [-0.39, 0.29) is 17.2 Å². The van der Waals surface area contributed by atoms with Gasteiger partial charge < -0.3 is 10.1 Å². The van der Waals surface area contributed by atoms with Crippen LogP contribution in [0.1, 0.15) is 19.8 Å². The molecule has 0 fully saturated rings. The summed E-state index contributed by atoms with van der Waals surface area (Å²) in [5, 5.41) is 3.13. The Bertz CT molecular complexity index is 520. The third-order valence-corrected chi connectivity index (χ3v) is 4.06. The highest BCUT2D eigenvalue weighted by molar-refractivity contribution is 7.92. The minimum Gasteiger partial charge on any atom is -0.494 e. The monoisotopic (exact) mass is 304 g/mol. The first-order chi connectivity index (χ1) is 9.48. The number of hydrogen-bond donors (Lipinski definition) is 2. The highest BCUT2D eigenvalue weighted by Crippen LogP contribution is 2.21. The van der Waals surface area contributed by atoms with Gasteiger partial charge in [-0.2, -0.15) is 0 Å². The molecule has 0 aliphatic rings. The smallest absolute Gasteiger partial charge is 0.232 e. The molecule has 1 aromatic carbocycles. The van der Waals surface area contributed by atoms with Gasteiger partial charge in [-0.1, -0.05) is 6.92 Å². The van der Waals surface area contributed by atoms with E-state index in [9.17, 15) is 12.8 Å². The van der Waals surface area contributed by atoms with Gasteiger partial charge in [0.15, 0.2) is 11.6 Å². The average Bonchev–Trinajstić information content (AvgIpc) is 2.38. The van der Waals surface area contributed by atoms with Crippen molar-refractivity contribution in [3.63, 3.8) is 0 Å². The SMILES string of the molecule is CCNCCCCS(=O)(=O)Nc1ccc(OC)c(F)c1. The average molecular weight is 304 g/mol. The number of rotatable bonds is 9. The Balaban J connectivity index is 2.51. The number of halogens is 1. The van der Waals surface area contributed by atoms with E-state index in [2.05, 4.69) is 10.0 Å². The van der Waals surface area contributed by atoms with Crippen LogP contribution in [0.2, 0.25) is 0 Å². The molecular weight excluding hydrogens is 283 g/mol. The summed E-state index contributed by atoms with van der Waals surface area (Å²) in [5.74, 6) is -0.495. The van der Waals surface area contributed by atoms with E-state index in [0.717, 1.165) is 25.6 Å². The molecule has 0 saturated carbocycles. The third kappa shape index (κ3) is 5.75. The van der Waals surface area contributed by atoms with Gasteiger partial charge in [-0.05, 0) is 38.1 Å². The molecule has 0 bridgehead atoms. The van der Waals surface area contributed by atoms with Gasteiger partial charge in [-0.15, -0.1) is 0 Å². The molecule has 0 atom stereocenters. The summed E-state index contributed by atoms with van der Waals surface area (Å²) in [4.78, 5) is 0. The van der Waals surface area contributed by atoms with Gasteiger partial charge >= 0.3 is 0 Å². The van der Waals surface area contributed by atoms with Gasteiger partial charge in [0.2, 0.25) is 10.0 Å². The second-order valence-electron chi connectivity index (χ2n) is 4.33. The number of nitrogens with one attached hydrogen (secondary N) is 2. The van der Waals surface area contributed by atoms with Crippen molar-refractivity contribution in [2.75, 3.05) is 30.7 Å². The van der Waals surface area contributed by atoms with E-state index in [1.54, 1.807) is 0 Å². The molecule has 0 amide bonds. The van der Waals surface area contributed by atoms with Gasteiger partial charge in [0, 0.05) is 6.07 Å². The molecule has 7 heteroatoms. The van der Waals surface area contributed by atoms with Crippen molar-refractivity contribution >= 4 is 15.7 Å². The Hall–Kier alpha value is -1.34. The Morgan fingerprint density at radius 2 is 2.05 bits per heavy atom. The fourth-order valence-corrected chi connectivity index (χ4v) is 2.85. The van der Waals surface area contributed by atoms with Gasteiger partial charge in [0.1, 0.15) is 0 Å². The van der Waals surface area contributed by atoms with E-state index >= 15 is 0 Å². The first kappa shape index (κ1) is 16.7. The first-order valence-corrected chi connectivity index (χ1v) is 8.18. The molecule has 5 nitrogen and oxygen atoms in total. The molecular formula is C13H21FN2O3S. The molecule has 0 spiro atoms. The summed E-state index contributed by atoms with van der Waals surface area (Å²) < 4.78 is 44.2. The molecule has 0 heterocycles. The Labute approximate surface area is 119 Å². The van der Waals surface area contributed by atoms with Crippen molar-refractivity contribution in [2.45, 2.75) is 19.8 Å². The van der Waals surface area contributed by atoms with Crippen LogP contribution in [0.15, 0.2) is 18.2 Å². The van der Waals surface area contributed by atoms with Gasteiger partial charge in [0.25, 0.3) is 0 Å². The summed E-state index contributed by atoms with van der Waals surface area (Å²) in [6.45, 7) is 3.66. The van der Waals surface area contributed by atoms with Crippen molar-refractivity contribution in [2.24, 2.45) is 0 Å². The summed E-state index contributed by atoms with van der Waals surface area (Å²) in [6, 6.07) is 3.96. The maximum atomic E-state index is 13.4. The Morgan fingerprint density at radius 3 is 2.65 bits per heavy atom. The zero-order chi connectivity index (χ0) is 15.0. The molecule has 2 N–H and O–H groups in total. The number of unbranched alkanes of at least 4 members (excludes halogenated alkanes) is 1. The molecule has 0 aliphatic carbocycles. The Kier molecular flexibility index (Phi) is 6.74. The van der Waals surface area contributed by atoms with Crippen LogP contribution in [0.25, 0.3) is 0 Å². The lowest BCUT2D eigenvalue weighted by Crippen LogP contribution is -2.19. The molecule has 20 heavy (non-hydrogen) atoms. The molecule has 0 unspecified atom stereocenters. The standard InChI is InChI=1S/C13H21FN2O3S/c1-3-15-8-4-5-9-20(17,18)16-11-6-7-13(19-2)12(14)10-11/h6-7,10,15-16H,3-5,8-9H2,1-2H3. The number of anilines is 1. The molecule has 0 aromatic heterocycles. The largest absolute Gasteiger partial charge is 0.494 e. The lowest BCUT2D eigenvalue weighted by molar-refractivity contribution is 0.386. The molecule has 114 valence electrons. The predicted molar refractivity (Wildman–Crippen MR) is 78.1 cm³/mol. The van der Waals surface area contributed by atoms with E-state index < -0.39 is 15.8 Å². The summed E-state index contributed by atoms with van der Waals surface area (Å²) in [6.07, 6.45) is 1.34. The fourth-order valence-electron chi connectivity index (χ4n) is 1.68. The van der Waals surface area contributed by atoms with E-state index in [1.165, 1.54) is 19.2 Å². The van der Waals surface area contributed by atoms with Crippen LogP contribution < -0.4 is 14.8 Å². The second kappa shape index (κ2) is 8.06. The first-order valence-electron chi connectivity index (χ1n) is 6.53. The molecule has 1 rings (SSSR count). The number of sulfonamides is 1. The predicted octanol–water partition coefficient (Wildman–Crippen LogP) is 1.97. The summed E-state index contributed by atoms with van der Waals surface area (Å²) in [5.41, 5.74) is 0.204. The minimum atomic E-state index is -3.44. The molecule has 0 radical (unpaired) electrons. The van der Waals surface area contributed by atoms with Crippen molar-refractivity contribution < 1.29 is 17.5 Å². The normalized spacial score (nSPS) is 11.3. The van der Waals surface area contributed by atoms with E-state index in [1.807, 2.05) is 6.92 Å². The van der Waals surface area contributed by atoms with Crippen LogP contribution in [0, 0.1) is 5.82 Å². The highest BCUT2D eigenvalue weighted by Gasteiger charge is 2.11. The van der Waals surface area contributed by atoms with Crippen molar-refractivity contribution in [3.05, 3.63) is 24.0 Å². The highest BCUT2D eigenvalue weighted by atomic mass is 32.2. The minimum absolute atomic E-state index is 0.0199. The maximum absolute atomic E-state index is 13.4. The van der Waals surface area contributed by atoms with Crippen LogP contribution in [-0.4, -0.2) is 34.4 Å². The zero-order valence-corrected chi connectivity index (χ0v) is 12.6. The lowest BCUT2D eigenvalue weighted by Gasteiger charge is -2.09. The molecule has 0 aliphatic heterocycles. The fraction of sp³-hybridized carbons (Fsp3) is 0.538. The number of methoxy groups -OCH3 is 1. The topological polar surface area (TPSA) is 67.4 Å². The van der Waals surface area contributed by atoms with Gasteiger partial charge in [-0.3, -0.25) is 4.72 Å². The number of ether oxygens (including phenoxy) is 1. The zero-order valence-electron chi connectivity index (χ0n) is 11.8. The number of benzene rings is 1. The maximum Gasteiger partial charge on any atom is 0.232 e. The van der Waals surface area contributed by atoms with Gasteiger partial charge in [-0.25, -0.2) is 12.8 Å². The summed E-state index contributed by atoms with van der Waals surface area (Å²) >= 11 is 0. The number of hydrogen-bond acceptors (Lipinski definition) is 4. The van der Waals surface area contributed by atoms with E-state index in [0.29, 0.717) is 6.42 Å². The van der Waals surface area contributed by atoms with Crippen LogP contribution in [0.4, 0.5) is 10.1 Å². The van der Waals surface area contributed by atoms with Crippen molar-refractivity contribution in [3.8, 4) is 5.75 Å². The van der Waals surface area contributed by atoms with Crippen LogP contribution >= 0.6 is 0 Å². The second-order valence-corrected chi connectivity index (χ2v) is 6.17.